The molecule has 0 radical (unpaired) electrons. The van der Waals surface area contributed by atoms with Gasteiger partial charge in [-0.15, -0.1) is 0 Å². The summed E-state index contributed by atoms with van der Waals surface area (Å²) in [6.45, 7) is 0.645. The molecular weight excluding hydrogens is 268 g/mol. The molecule has 0 amide bonds. The maximum atomic E-state index is 11.2. The Balaban J connectivity index is 2.37. The first-order valence-corrected chi connectivity index (χ1v) is 5.95. The second-order valence-electron chi connectivity index (χ2n) is 4.23. The highest BCUT2D eigenvalue weighted by atomic mass is 16.6. The molecule has 1 saturated heterocycles. The van der Waals surface area contributed by atoms with E-state index in [9.17, 15) is 14.9 Å². The molecule has 1 unspecified atom stereocenters. The van der Waals surface area contributed by atoms with Gasteiger partial charge in [-0.05, 0) is 12.1 Å². The summed E-state index contributed by atoms with van der Waals surface area (Å²) in [4.78, 5) is 23.3. The first kappa shape index (κ1) is 14.1. The second-order valence-corrected chi connectivity index (χ2v) is 4.23. The Morgan fingerprint density at radius 2 is 2.35 bits per heavy atom. The number of hydrogen-bond acceptors (Lipinski definition) is 6. The van der Waals surface area contributed by atoms with Crippen LogP contribution in [0.5, 0.6) is 5.75 Å². The van der Waals surface area contributed by atoms with Gasteiger partial charge in [-0.3, -0.25) is 10.1 Å². The molecular formula is C12H14N2O6. The van der Waals surface area contributed by atoms with Crippen molar-refractivity contribution < 1.29 is 24.3 Å². The third-order valence-electron chi connectivity index (χ3n) is 3.06. The number of morpholine rings is 1. The van der Waals surface area contributed by atoms with Crippen molar-refractivity contribution in [2.24, 2.45) is 0 Å². The van der Waals surface area contributed by atoms with E-state index in [2.05, 4.69) is 0 Å². The topological polar surface area (TPSA) is 102 Å². The molecule has 108 valence electrons. The van der Waals surface area contributed by atoms with Gasteiger partial charge in [0.2, 0.25) is 0 Å². The number of methoxy groups -OCH3 is 1. The van der Waals surface area contributed by atoms with Crippen molar-refractivity contribution in [3.63, 3.8) is 0 Å². The van der Waals surface area contributed by atoms with Crippen LogP contribution in [-0.4, -0.2) is 48.9 Å². The normalized spacial score (nSPS) is 18.6. The lowest BCUT2D eigenvalue weighted by Gasteiger charge is -2.32. The Labute approximate surface area is 114 Å². The maximum absolute atomic E-state index is 11.2. The van der Waals surface area contributed by atoms with Crippen LogP contribution in [0, 0.1) is 10.1 Å². The third kappa shape index (κ3) is 2.64. The van der Waals surface area contributed by atoms with E-state index in [4.69, 9.17) is 14.6 Å². The van der Waals surface area contributed by atoms with Gasteiger partial charge in [-0.2, -0.15) is 0 Å². The first-order chi connectivity index (χ1) is 9.54. The lowest BCUT2D eigenvalue weighted by Crippen LogP contribution is -2.46. The van der Waals surface area contributed by atoms with Crippen LogP contribution in [0.15, 0.2) is 18.2 Å². The van der Waals surface area contributed by atoms with Crippen molar-refractivity contribution in [3.05, 3.63) is 28.3 Å². The highest BCUT2D eigenvalue weighted by molar-refractivity contribution is 5.75. The first-order valence-electron chi connectivity index (χ1n) is 5.95. The minimum absolute atomic E-state index is 0.0589. The number of rotatable bonds is 4. The average Bonchev–Trinajstić information content (AvgIpc) is 2.46. The number of carbonyl (C=O) groups is 1. The standard InChI is InChI=1S/C12H14N2O6/c1-19-9-4-2-3-8(11(9)14(17)18)13-5-6-20-10(7-13)12(15)16/h2-4,10H,5-7H2,1H3,(H,15,16). The second kappa shape index (κ2) is 5.74. The number of nitrogens with zero attached hydrogens (tertiary/aromatic N) is 2. The van der Waals surface area contributed by atoms with Gasteiger partial charge in [0.25, 0.3) is 0 Å². The SMILES string of the molecule is COc1cccc(N2CCOC(C(=O)O)C2)c1[N+](=O)[O-]. The van der Waals surface area contributed by atoms with Crippen molar-refractivity contribution in [2.45, 2.75) is 6.10 Å². The van der Waals surface area contributed by atoms with Crippen LogP contribution in [0.2, 0.25) is 0 Å². The van der Waals surface area contributed by atoms with Crippen LogP contribution < -0.4 is 9.64 Å². The molecule has 0 bridgehead atoms. The lowest BCUT2D eigenvalue weighted by atomic mass is 10.2. The molecule has 1 aliphatic rings. The number of benzene rings is 1. The Kier molecular flexibility index (Phi) is 4.04. The average molecular weight is 282 g/mol. The molecule has 1 heterocycles. The van der Waals surface area contributed by atoms with Crippen LogP contribution in [0.1, 0.15) is 0 Å². The predicted octanol–water partition coefficient (Wildman–Crippen LogP) is 0.893. The number of ether oxygens (including phenoxy) is 2. The number of nitro groups is 1. The number of carboxylic acid groups (broad SMARTS) is 1. The molecule has 0 saturated carbocycles. The highest BCUT2D eigenvalue weighted by Gasteiger charge is 2.31. The van der Waals surface area contributed by atoms with Gasteiger partial charge in [0.05, 0.1) is 25.2 Å². The van der Waals surface area contributed by atoms with Crippen molar-refractivity contribution >= 4 is 17.3 Å². The summed E-state index contributed by atoms with van der Waals surface area (Å²) in [5.41, 5.74) is 0.171. The van der Waals surface area contributed by atoms with E-state index in [-0.39, 0.29) is 24.6 Å². The number of hydrogen-bond donors (Lipinski definition) is 1. The highest BCUT2D eigenvalue weighted by Crippen LogP contribution is 2.37. The molecule has 1 aromatic carbocycles. The smallest absolute Gasteiger partial charge is 0.334 e. The monoisotopic (exact) mass is 282 g/mol. The molecule has 1 aromatic rings. The Morgan fingerprint density at radius 3 is 2.95 bits per heavy atom. The van der Waals surface area contributed by atoms with Gasteiger partial charge in [-0.25, -0.2) is 4.79 Å². The van der Waals surface area contributed by atoms with Gasteiger partial charge in [0.1, 0.15) is 5.69 Å². The van der Waals surface area contributed by atoms with Crippen LogP contribution in [0.25, 0.3) is 0 Å². The van der Waals surface area contributed by atoms with Crippen LogP contribution in [-0.2, 0) is 9.53 Å². The molecule has 0 aromatic heterocycles. The fourth-order valence-corrected chi connectivity index (χ4v) is 2.13. The molecule has 1 aliphatic heterocycles. The van der Waals surface area contributed by atoms with E-state index >= 15 is 0 Å². The van der Waals surface area contributed by atoms with Crippen molar-refractivity contribution in [2.75, 3.05) is 31.7 Å². The molecule has 1 atom stereocenters. The molecule has 8 nitrogen and oxygen atoms in total. The number of anilines is 1. The van der Waals surface area contributed by atoms with Gasteiger partial charge >= 0.3 is 11.7 Å². The fourth-order valence-electron chi connectivity index (χ4n) is 2.13. The van der Waals surface area contributed by atoms with Crippen molar-refractivity contribution in [3.8, 4) is 5.75 Å². The molecule has 2 rings (SSSR count). The number of para-hydroxylation sites is 1. The zero-order chi connectivity index (χ0) is 14.7. The largest absolute Gasteiger partial charge is 0.490 e. The summed E-state index contributed by atoms with van der Waals surface area (Å²) in [6.07, 6.45) is -0.991. The van der Waals surface area contributed by atoms with Crippen LogP contribution in [0.3, 0.4) is 0 Å². The molecule has 1 N–H and O–H groups in total. The minimum atomic E-state index is -1.08. The van der Waals surface area contributed by atoms with Crippen molar-refractivity contribution in [1.29, 1.82) is 0 Å². The quantitative estimate of drug-likeness (QED) is 0.646. The predicted molar refractivity (Wildman–Crippen MR) is 69.2 cm³/mol. The van der Waals surface area contributed by atoms with E-state index in [0.29, 0.717) is 12.2 Å². The van der Waals surface area contributed by atoms with Gasteiger partial charge in [0.15, 0.2) is 11.9 Å². The number of carboxylic acids is 1. The fraction of sp³-hybridized carbons (Fsp3) is 0.417. The van der Waals surface area contributed by atoms with E-state index < -0.39 is 17.0 Å². The summed E-state index contributed by atoms with van der Waals surface area (Å²) >= 11 is 0. The Hall–Kier alpha value is -2.35. The molecule has 1 fully saturated rings. The minimum Gasteiger partial charge on any atom is -0.490 e. The number of aliphatic carboxylic acids is 1. The van der Waals surface area contributed by atoms with Gasteiger partial charge < -0.3 is 19.5 Å². The lowest BCUT2D eigenvalue weighted by molar-refractivity contribution is -0.385. The summed E-state index contributed by atoms with van der Waals surface area (Å²) in [5, 5.41) is 20.2. The summed E-state index contributed by atoms with van der Waals surface area (Å²) in [7, 11) is 1.35. The van der Waals surface area contributed by atoms with Gasteiger partial charge in [-0.1, -0.05) is 6.07 Å². The van der Waals surface area contributed by atoms with Crippen molar-refractivity contribution in [1.82, 2.24) is 0 Å². The van der Waals surface area contributed by atoms with Crippen LogP contribution >= 0.6 is 0 Å². The van der Waals surface area contributed by atoms with E-state index in [1.54, 1.807) is 17.0 Å². The maximum Gasteiger partial charge on any atom is 0.334 e. The Bertz CT molecular complexity index is 533. The van der Waals surface area contributed by atoms with Crippen LogP contribution in [0.4, 0.5) is 11.4 Å². The third-order valence-corrected chi connectivity index (χ3v) is 3.06. The van der Waals surface area contributed by atoms with E-state index in [1.165, 1.54) is 13.2 Å². The molecule has 0 spiro atoms. The Morgan fingerprint density at radius 1 is 1.60 bits per heavy atom. The molecule has 0 aliphatic carbocycles. The zero-order valence-corrected chi connectivity index (χ0v) is 10.8. The molecule has 8 heteroatoms. The summed E-state index contributed by atoms with van der Waals surface area (Å²) < 4.78 is 10.1. The summed E-state index contributed by atoms with van der Waals surface area (Å²) in [5.74, 6) is -0.939. The van der Waals surface area contributed by atoms with E-state index in [1.807, 2.05) is 0 Å². The number of nitro benzene ring substituents is 1. The summed E-state index contributed by atoms with van der Waals surface area (Å²) in [6, 6.07) is 4.70. The van der Waals surface area contributed by atoms with Gasteiger partial charge in [0, 0.05) is 6.54 Å². The molecule has 20 heavy (non-hydrogen) atoms. The zero-order valence-electron chi connectivity index (χ0n) is 10.8. The van der Waals surface area contributed by atoms with E-state index in [0.717, 1.165) is 0 Å².